The van der Waals surface area contributed by atoms with Gasteiger partial charge < -0.3 is 0 Å². The maximum atomic E-state index is 11.5. The molecule has 5 heteroatoms. The molecule has 2 rings (SSSR count). The van der Waals surface area contributed by atoms with Crippen molar-refractivity contribution in [3.8, 4) is 5.75 Å². The summed E-state index contributed by atoms with van der Waals surface area (Å²) in [6, 6.07) is 8.13. The third-order valence-electron chi connectivity index (χ3n) is 1.82. The Kier molecular flexibility index (Phi) is 3.59. The van der Waals surface area contributed by atoms with Crippen LogP contribution in [0.1, 0.15) is 0 Å². The van der Waals surface area contributed by atoms with Crippen LogP contribution in [-0.2, 0) is 5.11 Å². The molecule has 0 unspecified atom stereocenters. The topological polar surface area (TPSA) is 32.8 Å². The Labute approximate surface area is 107 Å². The van der Waals surface area contributed by atoms with Crippen LogP contribution in [0.5, 0.6) is 5.75 Å². The maximum Gasteiger partial charge on any atom is 0.192 e. The Morgan fingerprint density at radius 2 is 1.81 bits per heavy atom. The van der Waals surface area contributed by atoms with Crippen molar-refractivity contribution in [1.82, 2.24) is 4.98 Å². The van der Waals surface area contributed by atoms with Gasteiger partial charge in [-0.05, 0) is 30.3 Å². The van der Waals surface area contributed by atoms with E-state index in [0.717, 1.165) is 0 Å². The van der Waals surface area contributed by atoms with Gasteiger partial charge in [-0.25, -0.2) is 4.98 Å². The molecule has 0 saturated heterocycles. The minimum Gasteiger partial charge on any atom is -0.289 e. The quantitative estimate of drug-likeness (QED) is 0.794. The van der Waals surface area contributed by atoms with E-state index < -0.39 is 0 Å². The molecule has 0 saturated carbocycles. The van der Waals surface area contributed by atoms with E-state index in [2.05, 4.69) is 4.98 Å². The zero-order valence-electron chi connectivity index (χ0n) is 7.98. The molecule has 1 radical (unpaired) electrons. The Bertz CT molecular complexity index is 502. The lowest BCUT2D eigenvalue weighted by atomic mass is 10.3. The monoisotopic (exact) mass is 270 g/mol. The fraction of sp³-hybridized carbons (Fsp3) is 0. The molecule has 0 fully saturated rings. The van der Waals surface area contributed by atoms with Crippen LogP contribution in [0.25, 0.3) is 0 Å². The zero-order chi connectivity index (χ0) is 11.5. The zero-order valence-corrected chi connectivity index (χ0v) is 10.3. The van der Waals surface area contributed by atoms with E-state index >= 15 is 0 Å². The SMILES string of the molecule is [O]c1ccc(Cl)cc1Sc1ccc(Cl)cn1. The average Bonchev–Trinajstić information content (AvgIpc) is 2.27. The van der Waals surface area contributed by atoms with Crippen molar-refractivity contribution in [2.24, 2.45) is 0 Å². The van der Waals surface area contributed by atoms with Crippen LogP contribution in [0.2, 0.25) is 10.0 Å². The third kappa shape index (κ3) is 2.82. The van der Waals surface area contributed by atoms with Gasteiger partial charge in [0.2, 0.25) is 0 Å². The van der Waals surface area contributed by atoms with Gasteiger partial charge in [0, 0.05) is 11.2 Å². The second-order valence-electron chi connectivity index (χ2n) is 3.01. The van der Waals surface area contributed by atoms with Crippen molar-refractivity contribution >= 4 is 35.0 Å². The smallest absolute Gasteiger partial charge is 0.192 e. The molecule has 1 heterocycles. The van der Waals surface area contributed by atoms with Crippen LogP contribution in [0.3, 0.4) is 0 Å². The van der Waals surface area contributed by atoms with Gasteiger partial charge in [0.15, 0.2) is 5.75 Å². The highest BCUT2D eigenvalue weighted by molar-refractivity contribution is 7.99. The van der Waals surface area contributed by atoms with Gasteiger partial charge >= 0.3 is 0 Å². The molecule has 0 bridgehead atoms. The molecule has 16 heavy (non-hydrogen) atoms. The van der Waals surface area contributed by atoms with Gasteiger partial charge in [0.1, 0.15) is 5.03 Å². The molecular formula is C11H6Cl2NOS. The minimum absolute atomic E-state index is 0.0637. The molecule has 81 valence electrons. The predicted molar refractivity (Wildman–Crippen MR) is 65.0 cm³/mol. The first-order valence-electron chi connectivity index (χ1n) is 4.41. The first kappa shape index (κ1) is 11.6. The second-order valence-corrected chi connectivity index (χ2v) is 4.94. The van der Waals surface area contributed by atoms with Crippen LogP contribution in [0, 0.1) is 0 Å². The maximum absolute atomic E-state index is 11.5. The summed E-state index contributed by atoms with van der Waals surface area (Å²) in [6.45, 7) is 0. The lowest BCUT2D eigenvalue weighted by molar-refractivity contribution is 0.344. The summed E-state index contributed by atoms with van der Waals surface area (Å²) in [7, 11) is 0. The predicted octanol–water partition coefficient (Wildman–Crippen LogP) is 4.68. The highest BCUT2D eigenvalue weighted by atomic mass is 35.5. The fourth-order valence-electron chi connectivity index (χ4n) is 1.10. The molecule has 0 atom stereocenters. The van der Waals surface area contributed by atoms with Crippen LogP contribution in [0.15, 0.2) is 46.5 Å². The molecule has 0 spiro atoms. The normalized spacial score (nSPS) is 10.4. The fourth-order valence-corrected chi connectivity index (χ4v) is 2.27. The lowest BCUT2D eigenvalue weighted by Crippen LogP contribution is -1.79. The third-order valence-corrected chi connectivity index (χ3v) is 3.27. The van der Waals surface area contributed by atoms with E-state index in [1.54, 1.807) is 30.5 Å². The standard InChI is InChI=1S/C11H6Cl2NOS/c12-7-1-3-9(15)10(5-7)16-11-4-2-8(13)6-14-11/h1-6H. The second kappa shape index (κ2) is 4.95. The first-order valence-corrected chi connectivity index (χ1v) is 5.98. The van der Waals surface area contributed by atoms with Gasteiger partial charge in [0.25, 0.3) is 0 Å². The number of pyridine rings is 1. The van der Waals surface area contributed by atoms with E-state index in [0.29, 0.717) is 20.0 Å². The highest BCUT2D eigenvalue weighted by Crippen LogP contribution is 2.35. The molecule has 2 nitrogen and oxygen atoms in total. The van der Waals surface area contributed by atoms with Crippen molar-refractivity contribution in [2.75, 3.05) is 0 Å². The molecular weight excluding hydrogens is 265 g/mol. The number of hydrogen-bond donors (Lipinski definition) is 0. The number of halogens is 2. The van der Waals surface area contributed by atoms with E-state index in [-0.39, 0.29) is 5.75 Å². The van der Waals surface area contributed by atoms with Gasteiger partial charge in [-0.3, -0.25) is 5.11 Å². The molecule has 0 amide bonds. The Morgan fingerprint density at radius 1 is 1.06 bits per heavy atom. The number of hydrogen-bond acceptors (Lipinski definition) is 2. The van der Waals surface area contributed by atoms with Crippen molar-refractivity contribution < 1.29 is 5.11 Å². The van der Waals surface area contributed by atoms with Gasteiger partial charge in [-0.15, -0.1) is 0 Å². The summed E-state index contributed by atoms with van der Waals surface area (Å²) in [6.07, 6.45) is 1.54. The first-order chi connectivity index (χ1) is 7.65. The van der Waals surface area contributed by atoms with Crippen molar-refractivity contribution in [3.63, 3.8) is 0 Å². The summed E-state index contributed by atoms with van der Waals surface area (Å²) in [4.78, 5) is 4.65. The average molecular weight is 271 g/mol. The Hall–Kier alpha value is -0.900. The van der Waals surface area contributed by atoms with E-state index in [1.165, 1.54) is 17.8 Å². The largest absolute Gasteiger partial charge is 0.289 e. The van der Waals surface area contributed by atoms with Gasteiger partial charge in [0.05, 0.1) is 9.92 Å². The van der Waals surface area contributed by atoms with Gasteiger partial charge in [-0.1, -0.05) is 35.0 Å². The number of nitrogens with zero attached hydrogens (tertiary/aromatic N) is 1. The van der Waals surface area contributed by atoms with Crippen molar-refractivity contribution in [3.05, 3.63) is 46.6 Å². The van der Waals surface area contributed by atoms with Crippen LogP contribution in [0.4, 0.5) is 0 Å². The summed E-state index contributed by atoms with van der Waals surface area (Å²) in [5.41, 5.74) is 0. The molecule has 0 aliphatic carbocycles. The summed E-state index contributed by atoms with van der Waals surface area (Å²) < 4.78 is 0. The van der Waals surface area contributed by atoms with E-state index in [9.17, 15) is 5.11 Å². The van der Waals surface area contributed by atoms with Crippen LogP contribution >= 0.6 is 35.0 Å². The van der Waals surface area contributed by atoms with Gasteiger partial charge in [-0.2, -0.15) is 0 Å². The molecule has 1 aromatic heterocycles. The summed E-state index contributed by atoms with van der Waals surface area (Å²) in [5, 5.41) is 13.3. The van der Waals surface area contributed by atoms with E-state index in [1.807, 2.05) is 0 Å². The molecule has 0 aliphatic rings. The Balaban J connectivity index is 2.26. The number of rotatable bonds is 2. The Morgan fingerprint density at radius 3 is 2.50 bits per heavy atom. The molecule has 2 aromatic rings. The van der Waals surface area contributed by atoms with Crippen LogP contribution < -0.4 is 0 Å². The lowest BCUT2D eigenvalue weighted by Gasteiger charge is -2.02. The van der Waals surface area contributed by atoms with Crippen LogP contribution in [-0.4, -0.2) is 4.98 Å². The molecule has 0 N–H and O–H groups in total. The minimum atomic E-state index is -0.0637. The van der Waals surface area contributed by atoms with E-state index in [4.69, 9.17) is 23.2 Å². The number of aromatic nitrogens is 1. The van der Waals surface area contributed by atoms with Crippen molar-refractivity contribution in [1.29, 1.82) is 0 Å². The number of benzene rings is 1. The summed E-state index contributed by atoms with van der Waals surface area (Å²) in [5.74, 6) is -0.0637. The van der Waals surface area contributed by atoms with Crippen molar-refractivity contribution in [2.45, 2.75) is 9.92 Å². The highest BCUT2D eigenvalue weighted by Gasteiger charge is 2.06. The molecule has 1 aromatic carbocycles. The molecule has 0 aliphatic heterocycles. The summed E-state index contributed by atoms with van der Waals surface area (Å²) >= 11 is 12.8.